The molecule has 28 heavy (non-hydrogen) atoms. The van der Waals surface area contributed by atoms with Crippen LogP contribution in [0.15, 0.2) is 10.5 Å². The third-order valence-electron chi connectivity index (χ3n) is 3.20. The number of hydrogen-bond donors (Lipinski definition) is 0. The maximum Gasteiger partial charge on any atom is 0.424 e. The van der Waals surface area contributed by atoms with Crippen LogP contribution >= 0.6 is 15.9 Å². The van der Waals surface area contributed by atoms with Crippen molar-refractivity contribution < 1.29 is 33.0 Å². The summed E-state index contributed by atoms with van der Waals surface area (Å²) in [7, 11) is 1.10. The van der Waals surface area contributed by atoms with E-state index >= 15 is 4.39 Å². The average Bonchev–Trinajstić information content (AvgIpc) is 2.50. The molecule has 0 saturated carbocycles. The van der Waals surface area contributed by atoms with E-state index in [0.717, 1.165) is 7.11 Å². The minimum absolute atomic E-state index is 0.0831. The molecule has 0 fully saturated rings. The fourth-order valence-electron chi connectivity index (χ4n) is 2.06. The lowest BCUT2D eigenvalue weighted by Gasteiger charge is -2.29. The van der Waals surface area contributed by atoms with Crippen molar-refractivity contribution in [3.05, 3.63) is 27.5 Å². The van der Waals surface area contributed by atoms with Gasteiger partial charge in [0.2, 0.25) is 0 Å². The van der Waals surface area contributed by atoms with Gasteiger partial charge in [0.25, 0.3) is 0 Å². The summed E-state index contributed by atoms with van der Waals surface area (Å²) in [5, 5.41) is 0. The van der Waals surface area contributed by atoms with Gasteiger partial charge in [0.1, 0.15) is 16.9 Å². The van der Waals surface area contributed by atoms with Crippen LogP contribution in [0.1, 0.15) is 57.5 Å². The van der Waals surface area contributed by atoms with Crippen molar-refractivity contribution in [2.45, 2.75) is 59.7 Å². The smallest absolute Gasteiger partial charge is 0.424 e. The predicted molar refractivity (Wildman–Crippen MR) is 105 cm³/mol. The number of nitrogens with zero attached hydrogens (tertiary/aromatic N) is 1. The highest BCUT2D eigenvalue weighted by Crippen LogP contribution is 2.34. The van der Waals surface area contributed by atoms with E-state index < -0.39 is 40.9 Å². The number of carbonyl (C=O) groups excluding carboxylic acids is 3. The number of benzene rings is 1. The Hall–Kier alpha value is -2.16. The summed E-state index contributed by atoms with van der Waals surface area (Å²) in [6.07, 6.45) is -2.37. The first-order chi connectivity index (χ1) is 12.6. The summed E-state index contributed by atoms with van der Waals surface area (Å²) in [6.45, 7) is 10.9. The van der Waals surface area contributed by atoms with Crippen LogP contribution in [-0.2, 0) is 14.2 Å². The van der Waals surface area contributed by atoms with E-state index in [0.29, 0.717) is 4.90 Å². The lowest BCUT2D eigenvalue weighted by Crippen LogP contribution is -2.45. The second-order valence-corrected chi connectivity index (χ2v) is 8.84. The standard InChI is InChI=1S/C19H25BrFNO6/c1-10-12(20)9-11(15(23)26-8)14(13(10)21)22(16(24)27-18(2,3)4)17(25)28-19(5,6)7/h9H,1-8H3. The quantitative estimate of drug-likeness (QED) is 0.435. The first kappa shape index (κ1) is 23.9. The fourth-order valence-corrected chi connectivity index (χ4v) is 2.46. The van der Waals surface area contributed by atoms with Gasteiger partial charge in [-0.25, -0.2) is 18.8 Å². The van der Waals surface area contributed by atoms with E-state index in [4.69, 9.17) is 9.47 Å². The molecule has 9 heteroatoms. The number of carbonyl (C=O) groups is 3. The monoisotopic (exact) mass is 461 g/mol. The minimum Gasteiger partial charge on any atom is -0.465 e. The van der Waals surface area contributed by atoms with E-state index in [9.17, 15) is 14.4 Å². The zero-order valence-electron chi connectivity index (χ0n) is 17.2. The van der Waals surface area contributed by atoms with Crippen molar-refractivity contribution in [1.82, 2.24) is 0 Å². The van der Waals surface area contributed by atoms with Crippen LogP contribution in [0.5, 0.6) is 0 Å². The number of halogens is 2. The van der Waals surface area contributed by atoms with Crippen LogP contribution in [0, 0.1) is 12.7 Å². The van der Waals surface area contributed by atoms with Crippen molar-refractivity contribution in [3.63, 3.8) is 0 Å². The molecule has 0 saturated heterocycles. The van der Waals surface area contributed by atoms with Crippen LogP contribution < -0.4 is 4.90 Å². The fraction of sp³-hybridized carbons (Fsp3) is 0.526. The molecule has 0 aliphatic carbocycles. The van der Waals surface area contributed by atoms with Crippen molar-refractivity contribution in [3.8, 4) is 0 Å². The van der Waals surface area contributed by atoms with Gasteiger partial charge in [0, 0.05) is 10.0 Å². The molecule has 1 aromatic rings. The van der Waals surface area contributed by atoms with Gasteiger partial charge in [0.05, 0.1) is 12.7 Å². The van der Waals surface area contributed by atoms with Crippen LogP contribution in [-0.4, -0.2) is 36.5 Å². The molecular formula is C19H25BrFNO6. The van der Waals surface area contributed by atoms with E-state index in [-0.39, 0.29) is 15.6 Å². The number of anilines is 1. The number of ether oxygens (including phenoxy) is 3. The molecule has 1 rings (SSSR count). The Bertz CT molecular complexity index is 767. The topological polar surface area (TPSA) is 82.1 Å². The van der Waals surface area contributed by atoms with E-state index in [1.54, 1.807) is 41.5 Å². The summed E-state index contributed by atoms with van der Waals surface area (Å²) >= 11 is 3.15. The van der Waals surface area contributed by atoms with Gasteiger partial charge in [-0.15, -0.1) is 0 Å². The molecule has 0 aromatic heterocycles. The van der Waals surface area contributed by atoms with Crippen LogP contribution in [0.4, 0.5) is 19.7 Å². The molecule has 0 bridgehead atoms. The molecule has 1 aromatic carbocycles. The summed E-state index contributed by atoms with van der Waals surface area (Å²) in [6, 6.07) is 1.27. The molecule has 0 atom stereocenters. The lowest BCUT2D eigenvalue weighted by molar-refractivity contribution is 0.0428. The maximum absolute atomic E-state index is 15.2. The maximum atomic E-state index is 15.2. The van der Waals surface area contributed by atoms with Crippen molar-refractivity contribution in [2.75, 3.05) is 12.0 Å². The molecule has 0 radical (unpaired) electrons. The van der Waals surface area contributed by atoms with Gasteiger partial charge in [-0.3, -0.25) is 0 Å². The van der Waals surface area contributed by atoms with Crippen LogP contribution in [0.2, 0.25) is 0 Å². The van der Waals surface area contributed by atoms with Gasteiger partial charge in [0.15, 0.2) is 5.82 Å². The Labute approximate surface area is 172 Å². The molecule has 2 amide bonds. The molecule has 0 N–H and O–H groups in total. The zero-order chi connectivity index (χ0) is 22.0. The second kappa shape index (κ2) is 8.46. The number of esters is 1. The van der Waals surface area contributed by atoms with Gasteiger partial charge in [-0.1, -0.05) is 15.9 Å². The summed E-state index contributed by atoms with van der Waals surface area (Å²) in [4.78, 5) is 38.1. The second-order valence-electron chi connectivity index (χ2n) is 7.98. The summed E-state index contributed by atoms with van der Waals surface area (Å²) < 4.78 is 30.6. The van der Waals surface area contributed by atoms with Gasteiger partial charge in [-0.05, 0) is 54.5 Å². The van der Waals surface area contributed by atoms with E-state index in [1.165, 1.54) is 13.0 Å². The molecule has 156 valence electrons. The number of amides is 2. The molecule has 0 aliphatic heterocycles. The number of rotatable bonds is 2. The lowest BCUT2D eigenvalue weighted by atomic mass is 10.1. The SMILES string of the molecule is COC(=O)c1cc(Br)c(C)c(F)c1N(C(=O)OC(C)(C)C)C(=O)OC(C)(C)C. The van der Waals surface area contributed by atoms with Crippen molar-refractivity contribution in [1.29, 1.82) is 0 Å². The Morgan fingerprint density at radius 1 is 1.00 bits per heavy atom. The van der Waals surface area contributed by atoms with Gasteiger partial charge in [-0.2, -0.15) is 4.90 Å². The van der Waals surface area contributed by atoms with Crippen LogP contribution in [0.3, 0.4) is 0 Å². The molecule has 0 unspecified atom stereocenters. The third kappa shape index (κ3) is 5.92. The number of methoxy groups -OCH3 is 1. The van der Waals surface area contributed by atoms with Gasteiger partial charge < -0.3 is 14.2 Å². The van der Waals surface area contributed by atoms with E-state index in [2.05, 4.69) is 20.7 Å². The largest absolute Gasteiger partial charge is 0.465 e. The Morgan fingerprint density at radius 2 is 1.43 bits per heavy atom. The average molecular weight is 462 g/mol. The van der Waals surface area contributed by atoms with Crippen molar-refractivity contribution >= 4 is 39.8 Å². The summed E-state index contributed by atoms with van der Waals surface area (Å²) in [5.41, 5.74) is -2.82. The zero-order valence-corrected chi connectivity index (χ0v) is 18.8. The minimum atomic E-state index is -1.19. The van der Waals surface area contributed by atoms with E-state index in [1.807, 2.05) is 0 Å². The Kier molecular flexibility index (Phi) is 7.22. The first-order valence-electron chi connectivity index (χ1n) is 8.42. The molecular weight excluding hydrogens is 437 g/mol. The third-order valence-corrected chi connectivity index (χ3v) is 4.03. The predicted octanol–water partition coefficient (Wildman–Crippen LogP) is 5.36. The normalized spacial score (nSPS) is 11.6. The van der Waals surface area contributed by atoms with Crippen LogP contribution in [0.25, 0.3) is 0 Å². The molecule has 7 nitrogen and oxygen atoms in total. The van der Waals surface area contributed by atoms with Gasteiger partial charge >= 0.3 is 18.2 Å². The first-order valence-corrected chi connectivity index (χ1v) is 9.21. The number of hydrogen-bond acceptors (Lipinski definition) is 6. The van der Waals surface area contributed by atoms with Crippen molar-refractivity contribution in [2.24, 2.45) is 0 Å². The Morgan fingerprint density at radius 3 is 1.79 bits per heavy atom. The molecule has 0 heterocycles. The highest BCUT2D eigenvalue weighted by atomic mass is 79.9. The number of imide groups is 1. The molecule has 0 aliphatic rings. The highest BCUT2D eigenvalue weighted by molar-refractivity contribution is 9.10. The highest BCUT2D eigenvalue weighted by Gasteiger charge is 2.38. The molecule has 0 spiro atoms. The Balaban J connectivity index is 3.74. The summed E-state index contributed by atoms with van der Waals surface area (Å²) in [5.74, 6) is -1.90.